The predicted octanol–water partition coefficient (Wildman–Crippen LogP) is 3.36. The van der Waals surface area contributed by atoms with E-state index < -0.39 is 0 Å². The second-order valence-corrected chi connectivity index (χ2v) is 6.21. The van der Waals surface area contributed by atoms with Crippen molar-refractivity contribution in [3.63, 3.8) is 0 Å². The quantitative estimate of drug-likeness (QED) is 0.589. The molecule has 0 saturated carbocycles. The molecule has 0 heterocycles. The van der Waals surface area contributed by atoms with Crippen LogP contribution in [-0.2, 0) is 4.79 Å². The number of rotatable bonds is 7. The number of benzene rings is 2. The Morgan fingerprint density at radius 1 is 1.23 bits per heavy atom. The molecule has 0 aromatic heterocycles. The molecule has 6 nitrogen and oxygen atoms in total. The lowest BCUT2D eigenvalue weighted by atomic mass is 10.0. The van der Waals surface area contributed by atoms with E-state index >= 15 is 0 Å². The lowest BCUT2D eigenvalue weighted by Gasteiger charge is -2.14. The van der Waals surface area contributed by atoms with E-state index in [2.05, 4.69) is 24.4 Å². The highest BCUT2D eigenvalue weighted by Crippen LogP contribution is 2.27. The van der Waals surface area contributed by atoms with Gasteiger partial charge in [0.25, 0.3) is 5.91 Å². The van der Waals surface area contributed by atoms with E-state index in [0.717, 1.165) is 11.1 Å². The molecule has 2 aromatic carbocycles. The highest BCUT2D eigenvalue weighted by molar-refractivity contribution is 5.83. The van der Waals surface area contributed by atoms with Crippen LogP contribution in [0.4, 0.5) is 0 Å². The van der Waals surface area contributed by atoms with Crippen molar-refractivity contribution in [2.24, 2.45) is 5.10 Å². The molecular formula is C20H24N2O4. The third-order valence-corrected chi connectivity index (χ3v) is 3.76. The number of carbonyl (C=O) groups excluding carboxylic acids is 1. The van der Waals surface area contributed by atoms with Crippen LogP contribution in [0.3, 0.4) is 0 Å². The molecule has 0 bridgehead atoms. The molecule has 0 radical (unpaired) electrons. The number of ether oxygens (including phenoxy) is 2. The van der Waals surface area contributed by atoms with Crippen molar-refractivity contribution in [2.75, 3.05) is 13.7 Å². The smallest absolute Gasteiger partial charge is 0.277 e. The molecule has 2 aromatic rings. The highest BCUT2D eigenvalue weighted by atomic mass is 16.5. The third-order valence-electron chi connectivity index (χ3n) is 3.76. The van der Waals surface area contributed by atoms with E-state index in [1.165, 1.54) is 19.4 Å². The van der Waals surface area contributed by atoms with Gasteiger partial charge in [-0.05, 0) is 53.8 Å². The van der Waals surface area contributed by atoms with Crippen LogP contribution in [0.15, 0.2) is 41.5 Å². The molecule has 0 atom stereocenters. The van der Waals surface area contributed by atoms with Crippen molar-refractivity contribution in [3.8, 4) is 17.2 Å². The molecule has 0 spiro atoms. The maximum atomic E-state index is 11.9. The maximum absolute atomic E-state index is 11.9. The summed E-state index contributed by atoms with van der Waals surface area (Å²) in [7, 11) is 1.47. The lowest BCUT2D eigenvalue weighted by Crippen LogP contribution is -2.25. The average Bonchev–Trinajstić information content (AvgIpc) is 2.60. The van der Waals surface area contributed by atoms with Gasteiger partial charge in [0.05, 0.1) is 13.3 Å². The van der Waals surface area contributed by atoms with E-state index in [-0.39, 0.29) is 18.3 Å². The first kappa shape index (κ1) is 19.3. The molecule has 0 aliphatic rings. The fraction of sp³-hybridized carbons (Fsp3) is 0.300. The zero-order chi connectivity index (χ0) is 19.1. The Morgan fingerprint density at radius 2 is 2.00 bits per heavy atom. The Kier molecular flexibility index (Phi) is 6.60. The number of amides is 1. The van der Waals surface area contributed by atoms with Crippen molar-refractivity contribution >= 4 is 12.1 Å². The molecule has 0 aliphatic carbocycles. The molecule has 0 fully saturated rings. The van der Waals surface area contributed by atoms with Crippen LogP contribution in [0, 0.1) is 6.92 Å². The van der Waals surface area contributed by atoms with Gasteiger partial charge in [-0.2, -0.15) is 5.10 Å². The van der Waals surface area contributed by atoms with Crippen LogP contribution in [0.1, 0.15) is 36.5 Å². The van der Waals surface area contributed by atoms with Crippen molar-refractivity contribution in [3.05, 3.63) is 53.1 Å². The Bertz CT molecular complexity index is 800. The van der Waals surface area contributed by atoms with Gasteiger partial charge in [-0.3, -0.25) is 4.79 Å². The van der Waals surface area contributed by atoms with Gasteiger partial charge >= 0.3 is 0 Å². The molecule has 6 heteroatoms. The molecule has 2 rings (SSSR count). The first-order chi connectivity index (χ1) is 12.4. The van der Waals surface area contributed by atoms with Crippen LogP contribution in [-0.4, -0.2) is 30.9 Å². The summed E-state index contributed by atoms with van der Waals surface area (Å²) in [6.45, 7) is 6.00. The van der Waals surface area contributed by atoms with Gasteiger partial charge in [0, 0.05) is 0 Å². The van der Waals surface area contributed by atoms with Gasteiger partial charge in [0.1, 0.15) is 5.75 Å². The Morgan fingerprint density at radius 3 is 2.65 bits per heavy atom. The van der Waals surface area contributed by atoms with Crippen LogP contribution in [0.25, 0.3) is 0 Å². The number of hydrogen-bond donors (Lipinski definition) is 2. The second-order valence-electron chi connectivity index (χ2n) is 6.21. The van der Waals surface area contributed by atoms with E-state index in [1.807, 2.05) is 25.1 Å². The number of aromatic hydroxyl groups is 1. The van der Waals surface area contributed by atoms with Crippen LogP contribution >= 0.6 is 0 Å². The van der Waals surface area contributed by atoms with Crippen molar-refractivity contribution < 1.29 is 19.4 Å². The molecular weight excluding hydrogens is 332 g/mol. The van der Waals surface area contributed by atoms with Gasteiger partial charge in [-0.25, -0.2) is 5.43 Å². The minimum absolute atomic E-state index is 0.00627. The van der Waals surface area contributed by atoms with Gasteiger partial charge < -0.3 is 14.6 Å². The van der Waals surface area contributed by atoms with E-state index in [4.69, 9.17) is 9.47 Å². The SMILES string of the molecule is COc1ccc(C=NNC(=O)COc2cc(C)ccc2C(C)C)cc1O. The predicted molar refractivity (Wildman–Crippen MR) is 101 cm³/mol. The summed E-state index contributed by atoms with van der Waals surface area (Å²) in [5.41, 5.74) is 5.16. The standard InChI is InChI=1S/C20H24N2O4/c1-13(2)16-7-5-14(3)9-19(16)26-12-20(24)22-21-11-15-6-8-18(25-4)17(23)10-15/h5-11,13,23H,12H2,1-4H3,(H,22,24). The number of carbonyl (C=O) groups is 1. The normalized spacial score (nSPS) is 11.0. The summed E-state index contributed by atoms with van der Waals surface area (Å²) >= 11 is 0. The summed E-state index contributed by atoms with van der Waals surface area (Å²) in [5.74, 6) is 1.02. The summed E-state index contributed by atoms with van der Waals surface area (Å²) in [4.78, 5) is 11.9. The average molecular weight is 356 g/mol. The monoisotopic (exact) mass is 356 g/mol. The first-order valence-electron chi connectivity index (χ1n) is 8.33. The van der Waals surface area contributed by atoms with Gasteiger partial charge in [-0.1, -0.05) is 26.0 Å². The third kappa shape index (κ3) is 5.24. The number of nitrogens with one attached hydrogen (secondary N) is 1. The lowest BCUT2D eigenvalue weighted by molar-refractivity contribution is -0.123. The second kappa shape index (κ2) is 8.89. The minimum atomic E-state index is -0.366. The first-order valence-corrected chi connectivity index (χ1v) is 8.33. The Balaban J connectivity index is 1.91. The number of methoxy groups -OCH3 is 1. The summed E-state index contributed by atoms with van der Waals surface area (Å²) in [5, 5.41) is 13.6. The number of phenols is 1. The van der Waals surface area contributed by atoms with Crippen molar-refractivity contribution in [2.45, 2.75) is 26.7 Å². The minimum Gasteiger partial charge on any atom is -0.504 e. The fourth-order valence-electron chi connectivity index (χ4n) is 2.39. The number of hydrogen-bond acceptors (Lipinski definition) is 5. The molecule has 1 amide bonds. The fourth-order valence-corrected chi connectivity index (χ4v) is 2.39. The molecule has 2 N–H and O–H groups in total. The largest absolute Gasteiger partial charge is 0.504 e. The summed E-state index contributed by atoms with van der Waals surface area (Å²) in [6.07, 6.45) is 1.43. The number of aryl methyl sites for hydroxylation is 1. The molecule has 0 unspecified atom stereocenters. The van der Waals surface area contributed by atoms with Crippen LogP contribution < -0.4 is 14.9 Å². The van der Waals surface area contributed by atoms with Crippen LogP contribution in [0.2, 0.25) is 0 Å². The molecule has 26 heavy (non-hydrogen) atoms. The zero-order valence-corrected chi connectivity index (χ0v) is 15.4. The number of phenolic OH excluding ortho intramolecular Hbond substituents is 1. The topological polar surface area (TPSA) is 80.2 Å². The van der Waals surface area contributed by atoms with E-state index in [0.29, 0.717) is 23.0 Å². The van der Waals surface area contributed by atoms with Crippen molar-refractivity contribution in [1.29, 1.82) is 0 Å². The number of hydrazone groups is 1. The molecule has 138 valence electrons. The van der Waals surface area contributed by atoms with Crippen LogP contribution in [0.5, 0.6) is 17.2 Å². The summed E-state index contributed by atoms with van der Waals surface area (Å²) < 4.78 is 10.6. The Labute approximate surface area is 153 Å². The van der Waals surface area contributed by atoms with Gasteiger partial charge in [0.15, 0.2) is 18.1 Å². The highest BCUT2D eigenvalue weighted by Gasteiger charge is 2.10. The van der Waals surface area contributed by atoms with Gasteiger partial charge in [0.2, 0.25) is 0 Å². The molecule has 0 saturated heterocycles. The zero-order valence-electron chi connectivity index (χ0n) is 15.4. The summed E-state index contributed by atoms with van der Waals surface area (Å²) in [6, 6.07) is 10.8. The molecule has 0 aliphatic heterocycles. The number of nitrogens with zero attached hydrogens (tertiary/aromatic N) is 1. The van der Waals surface area contributed by atoms with E-state index in [9.17, 15) is 9.90 Å². The maximum Gasteiger partial charge on any atom is 0.277 e. The van der Waals surface area contributed by atoms with E-state index in [1.54, 1.807) is 12.1 Å². The van der Waals surface area contributed by atoms with Crippen molar-refractivity contribution in [1.82, 2.24) is 5.43 Å². The van der Waals surface area contributed by atoms with Gasteiger partial charge in [-0.15, -0.1) is 0 Å². The Hall–Kier alpha value is -3.02.